The third kappa shape index (κ3) is 2.29. The quantitative estimate of drug-likeness (QED) is 0.908. The van der Waals surface area contributed by atoms with E-state index in [0.29, 0.717) is 12.0 Å². The molecule has 1 aromatic carbocycles. The van der Waals surface area contributed by atoms with Crippen molar-refractivity contribution >= 4 is 0 Å². The van der Waals surface area contributed by atoms with Crippen molar-refractivity contribution in [1.29, 1.82) is 0 Å². The monoisotopic (exact) mass is 270 g/mol. The van der Waals surface area contributed by atoms with Gasteiger partial charge in [0.25, 0.3) is 0 Å². The maximum absolute atomic E-state index is 6.13. The largest absolute Gasteiger partial charge is 0.330 e. The number of piperidine rings is 1. The van der Waals surface area contributed by atoms with Gasteiger partial charge in [0.2, 0.25) is 0 Å². The number of likely N-dealkylation sites (tertiary alicyclic amines) is 1. The summed E-state index contributed by atoms with van der Waals surface area (Å²) in [5, 5.41) is 0. The highest BCUT2D eigenvalue weighted by Crippen LogP contribution is 2.48. The average Bonchev–Trinajstić information content (AvgIpc) is 3.39. The second-order valence-electron chi connectivity index (χ2n) is 6.96. The first kappa shape index (κ1) is 12.8. The first-order valence-corrected chi connectivity index (χ1v) is 8.43. The van der Waals surface area contributed by atoms with E-state index in [1.165, 1.54) is 45.1 Å². The van der Waals surface area contributed by atoms with Crippen LogP contribution in [0.2, 0.25) is 0 Å². The summed E-state index contributed by atoms with van der Waals surface area (Å²) in [6, 6.07) is 10.7. The van der Waals surface area contributed by atoms with E-state index in [2.05, 4.69) is 29.2 Å². The summed E-state index contributed by atoms with van der Waals surface area (Å²) in [6.45, 7) is 2.12. The van der Waals surface area contributed by atoms with Crippen LogP contribution in [0.25, 0.3) is 0 Å². The highest BCUT2D eigenvalue weighted by atomic mass is 15.2. The third-order valence-corrected chi connectivity index (χ3v) is 5.45. The van der Waals surface area contributed by atoms with E-state index < -0.39 is 0 Å². The maximum Gasteiger partial charge on any atom is 0.0394 e. The molecule has 3 aliphatic rings. The van der Waals surface area contributed by atoms with Crippen LogP contribution < -0.4 is 5.73 Å². The van der Waals surface area contributed by atoms with Crippen LogP contribution in [0.3, 0.4) is 0 Å². The van der Waals surface area contributed by atoms with Gasteiger partial charge in [-0.2, -0.15) is 0 Å². The highest BCUT2D eigenvalue weighted by Gasteiger charge is 2.41. The molecule has 20 heavy (non-hydrogen) atoms. The summed E-state index contributed by atoms with van der Waals surface area (Å²) in [6.07, 6.45) is 8.23. The van der Waals surface area contributed by atoms with Crippen LogP contribution in [0, 0.1) is 5.92 Å². The Morgan fingerprint density at radius 2 is 1.75 bits per heavy atom. The van der Waals surface area contributed by atoms with Crippen LogP contribution in [0.1, 0.15) is 61.6 Å². The van der Waals surface area contributed by atoms with Gasteiger partial charge in [0.1, 0.15) is 0 Å². The van der Waals surface area contributed by atoms with Gasteiger partial charge in [-0.15, -0.1) is 0 Å². The zero-order valence-electron chi connectivity index (χ0n) is 12.3. The number of hydrogen-bond donors (Lipinski definition) is 1. The molecule has 0 radical (unpaired) electrons. The minimum Gasteiger partial charge on any atom is -0.330 e. The van der Waals surface area contributed by atoms with Crippen molar-refractivity contribution in [2.75, 3.05) is 13.1 Å². The molecule has 0 amide bonds. The Labute approximate surface area is 122 Å². The van der Waals surface area contributed by atoms with Gasteiger partial charge in [-0.3, -0.25) is 4.90 Å². The Morgan fingerprint density at radius 3 is 2.40 bits per heavy atom. The summed E-state index contributed by atoms with van der Waals surface area (Å²) >= 11 is 0. The van der Waals surface area contributed by atoms with Crippen LogP contribution in [-0.2, 0) is 0 Å². The average molecular weight is 270 g/mol. The number of benzene rings is 1. The number of rotatable bonds is 4. The lowest BCUT2D eigenvalue weighted by molar-refractivity contribution is 0.0873. The molecule has 1 aromatic rings. The molecule has 2 atom stereocenters. The number of hydrogen-bond acceptors (Lipinski definition) is 2. The zero-order valence-corrected chi connectivity index (χ0v) is 12.3. The molecule has 1 heterocycles. The van der Waals surface area contributed by atoms with Gasteiger partial charge >= 0.3 is 0 Å². The van der Waals surface area contributed by atoms with Crippen molar-refractivity contribution in [3.63, 3.8) is 0 Å². The standard InChI is InChI=1S/C18H26N2/c19-12-14-4-3-11-20(15-9-10-15)18(14)17-6-2-1-5-16(17)13-7-8-13/h1-2,5-6,13-15,18H,3-4,7-12,19H2. The summed E-state index contributed by atoms with van der Waals surface area (Å²) in [4.78, 5) is 2.79. The van der Waals surface area contributed by atoms with Gasteiger partial charge in [0.15, 0.2) is 0 Å². The van der Waals surface area contributed by atoms with Gasteiger partial charge in [0, 0.05) is 12.1 Å². The first-order chi connectivity index (χ1) is 9.88. The molecule has 2 N–H and O–H groups in total. The SMILES string of the molecule is NCC1CCCN(C2CC2)C1c1ccccc1C1CC1. The fraction of sp³-hybridized carbons (Fsp3) is 0.667. The van der Waals surface area contributed by atoms with E-state index in [1.807, 2.05) is 0 Å². The van der Waals surface area contributed by atoms with E-state index in [0.717, 1.165) is 18.5 Å². The fourth-order valence-corrected chi connectivity index (χ4v) is 4.15. The van der Waals surface area contributed by atoms with Crippen molar-refractivity contribution in [1.82, 2.24) is 4.90 Å². The van der Waals surface area contributed by atoms with Crippen molar-refractivity contribution < 1.29 is 0 Å². The predicted octanol–water partition coefficient (Wildman–Crippen LogP) is 3.44. The van der Waals surface area contributed by atoms with E-state index in [9.17, 15) is 0 Å². The van der Waals surface area contributed by atoms with Gasteiger partial charge in [-0.05, 0) is 74.6 Å². The predicted molar refractivity (Wildman–Crippen MR) is 82.7 cm³/mol. The van der Waals surface area contributed by atoms with E-state index >= 15 is 0 Å². The smallest absolute Gasteiger partial charge is 0.0394 e. The number of nitrogens with two attached hydrogens (primary N) is 1. The summed E-state index contributed by atoms with van der Waals surface area (Å²) < 4.78 is 0. The lowest BCUT2D eigenvalue weighted by Gasteiger charge is -2.42. The normalized spacial score (nSPS) is 31.4. The fourth-order valence-electron chi connectivity index (χ4n) is 4.15. The molecule has 2 heteroatoms. The lowest BCUT2D eigenvalue weighted by atomic mass is 9.82. The molecular formula is C18H26N2. The maximum atomic E-state index is 6.13. The van der Waals surface area contributed by atoms with Crippen LogP contribution in [0.5, 0.6) is 0 Å². The molecule has 3 fully saturated rings. The lowest BCUT2D eigenvalue weighted by Crippen LogP contribution is -2.43. The Balaban J connectivity index is 1.71. The van der Waals surface area contributed by atoms with Gasteiger partial charge in [-0.1, -0.05) is 24.3 Å². The Bertz CT molecular complexity index is 476. The topological polar surface area (TPSA) is 29.3 Å². The summed E-state index contributed by atoms with van der Waals surface area (Å²) in [5.41, 5.74) is 9.37. The molecule has 2 saturated carbocycles. The second kappa shape index (κ2) is 5.16. The van der Waals surface area contributed by atoms with Gasteiger partial charge in [0.05, 0.1) is 0 Å². The molecule has 108 valence electrons. The second-order valence-corrected chi connectivity index (χ2v) is 6.96. The molecule has 2 nitrogen and oxygen atoms in total. The van der Waals surface area contributed by atoms with E-state index in [4.69, 9.17) is 5.73 Å². The molecular weight excluding hydrogens is 244 g/mol. The van der Waals surface area contributed by atoms with E-state index in [-0.39, 0.29) is 0 Å². The molecule has 2 unspecified atom stereocenters. The minimum absolute atomic E-state index is 0.595. The zero-order chi connectivity index (χ0) is 13.5. The van der Waals surface area contributed by atoms with Gasteiger partial charge < -0.3 is 5.73 Å². The van der Waals surface area contributed by atoms with Crippen molar-refractivity contribution in [3.05, 3.63) is 35.4 Å². The van der Waals surface area contributed by atoms with Crippen LogP contribution in [-0.4, -0.2) is 24.0 Å². The minimum atomic E-state index is 0.595. The Kier molecular flexibility index (Phi) is 3.31. The van der Waals surface area contributed by atoms with Crippen molar-refractivity contribution in [3.8, 4) is 0 Å². The molecule has 4 rings (SSSR count). The molecule has 1 aliphatic heterocycles. The Hall–Kier alpha value is -0.860. The van der Waals surface area contributed by atoms with E-state index in [1.54, 1.807) is 11.1 Å². The van der Waals surface area contributed by atoms with Gasteiger partial charge in [-0.25, -0.2) is 0 Å². The highest BCUT2D eigenvalue weighted by molar-refractivity contribution is 5.36. The van der Waals surface area contributed by atoms with Crippen LogP contribution in [0.4, 0.5) is 0 Å². The molecule has 0 spiro atoms. The first-order valence-electron chi connectivity index (χ1n) is 8.43. The van der Waals surface area contributed by atoms with Crippen LogP contribution in [0.15, 0.2) is 24.3 Å². The molecule has 0 aromatic heterocycles. The van der Waals surface area contributed by atoms with Crippen LogP contribution >= 0.6 is 0 Å². The number of nitrogens with zero attached hydrogens (tertiary/aromatic N) is 1. The van der Waals surface area contributed by atoms with Crippen molar-refractivity contribution in [2.45, 2.75) is 56.5 Å². The Morgan fingerprint density at radius 1 is 1.00 bits per heavy atom. The third-order valence-electron chi connectivity index (χ3n) is 5.45. The molecule has 1 saturated heterocycles. The molecule has 2 aliphatic carbocycles. The molecule has 0 bridgehead atoms. The summed E-state index contributed by atoms with van der Waals surface area (Å²) in [7, 11) is 0. The van der Waals surface area contributed by atoms with Crippen molar-refractivity contribution in [2.24, 2.45) is 11.7 Å². The summed E-state index contributed by atoms with van der Waals surface area (Å²) in [5.74, 6) is 1.50.